The molecule has 0 spiro atoms. The molecular weight excluding hydrogens is 416 g/mol. The van der Waals surface area contributed by atoms with Gasteiger partial charge in [0.25, 0.3) is 5.91 Å². The second-order valence-corrected chi connectivity index (χ2v) is 11.7. The first-order chi connectivity index (χ1) is 14.6. The first kappa shape index (κ1) is 22.3. The number of sulfonamides is 1. The highest BCUT2D eigenvalue weighted by Crippen LogP contribution is 2.60. The van der Waals surface area contributed by atoms with Crippen molar-refractivity contribution < 1.29 is 22.7 Å². The van der Waals surface area contributed by atoms with E-state index in [0.29, 0.717) is 23.4 Å². The summed E-state index contributed by atoms with van der Waals surface area (Å²) in [7, 11) is -3.59. The number of hydrogen-bond acceptors (Lipinski definition) is 5. The molecule has 0 heterocycles. The van der Waals surface area contributed by atoms with E-state index in [1.165, 1.54) is 43.5 Å². The SMILES string of the molecule is CC(C)NS(=O)(=O)c1ccc(NC(=O)C(C)OC(=O)C23CC4CC(CC(C4)C2)C3)cc1. The van der Waals surface area contributed by atoms with Gasteiger partial charge in [0, 0.05) is 11.7 Å². The third kappa shape index (κ3) is 4.65. The second-order valence-electron chi connectivity index (χ2n) is 10.0. The lowest BCUT2D eigenvalue weighted by molar-refractivity contribution is -0.177. The fourth-order valence-electron chi connectivity index (χ4n) is 6.04. The number of carbonyl (C=O) groups is 2. The number of nitrogens with one attached hydrogen (secondary N) is 2. The summed E-state index contributed by atoms with van der Waals surface area (Å²) in [4.78, 5) is 25.7. The van der Waals surface area contributed by atoms with Gasteiger partial charge in [-0.1, -0.05) is 0 Å². The monoisotopic (exact) mass is 448 g/mol. The maximum atomic E-state index is 13.0. The zero-order valence-corrected chi connectivity index (χ0v) is 19.2. The van der Waals surface area contributed by atoms with E-state index < -0.39 is 27.4 Å². The summed E-state index contributed by atoms with van der Waals surface area (Å²) in [5.41, 5.74) is 0.0501. The number of benzene rings is 1. The number of rotatable bonds is 7. The molecule has 4 saturated carbocycles. The molecule has 0 aromatic heterocycles. The van der Waals surface area contributed by atoms with Gasteiger partial charge >= 0.3 is 5.97 Å². The van der Waals surface area contributed by atoms with Crippen LogP contribution in [0.3, 0.4) is 0 Å². The standard InChI is InChI=1S/C23H32N2O5S/c1-14(2)25-31(28,29)20-6-4-19(5-7-20)24-21(26)15(3)30-22(27)23-11-16-8-17(12-23)10-18(9-16)13-23/h4-7,14-18,25H,8-13H2,1-3H3,(H,24,26). The number of hydrogen-bond donors (Lipinski definition) is 2. The van der Waals surface area contributed by atoms with E-state index in [4.69, 9.17) is 4.74 Å². The van der Waals surface area contributed by atoms with Crippen LogP contribution in [0.2, 0.25) is 0 Å². The summed E-state index contributed by atoms with van der Waals surface area (Å²) in [5, 5.41) is 2.71. The zero-order chi connectivity index (χ0) is 22.4. The molecule has 4 aliphatic carbocycles. The molecule has 7 nitrogen and oxygen atoms in total. The van der Waals surface area contributed by atoms with Crippen molar-refractivity contribution >= 4 is 27.6 Å². The first-order valence-electron chi connectivity index (χ1n) is 11.2. The number of esters is 1. The van der Waals surface area contributed by atoms with Gasteiger partial charge in [-0.2, -0.15) is 0 Å². The van der Waals surface area contributed by atoms with Gasteiger partial charge in [0.2, 0.25) is 10.0 Å². The molecule has 0 saturated heterocycles. The van der Waals surface area contributed by atoms with Crippen molar-refractivity contribution in [2.24, 2.45) is 23.2 Å². The fraction of sp³-hybridized carbons (Fsp3) is 0.652. The third-order valence-corrected chi connectivity index (χ3v) is 8.62. The minimum Gasteiger partial charge on any atom is -0.452 e. The van der Waals surface area contributed by atoms with Crippen molar-refractivity contribution in [1.82, 2.24) is 4.72 Å². The molecular formula is C23H32N2O5S. The van der Waals surface area contributed by atoms with Crippen molar-refractivity contribution in [3.8, 4) is 0 Å². The van der Waals surface area contributed by atoms with Crippen molar-refractivity contribution in [2.45, 2.75) is 76.3 Å². The Kier molecular flexibility index (Phi) is 5.89. The topological polar surface area (TPSA) is 102 Å². The van der Waals surface area contributed by atoms with Crippen LogP contribution >= 0.6 is 0 Å². The van der Waals surface area contributed by atoms with Crippen LogP contribution in [-0.4, -0.2) is 32.4 Å². The molecule has 4 aliphatic rings. The molecule has 0 radical (unpaired) electrons. The lowest BCUT2D eigenvalue weighted by atomic mass is 9.49. The van der Waals surface area contributed by atoms with Crippen LogP contribution in [0.1, 0.15) is 59.3 Å². The van der Waals surface area contributed by atoms with Crippen LogP contribution in [-0.2, 0) is 24.3 Å². The van der Waals surface area contributed by atoms with E-state index in [0.717, 1.165) is 19.3 Å². The maximum absolute atomic E-state index is 13.0. The number of anilines is 1. The number of carbonyl (C=O) groups excluding carboxylic acids is 2. The van der Waals surface area contributed by atoms with E-state index in [-0.39, 0.29) is 16.9 Å². The van der Waals surface area contributed by atoms with Gasteiger partial charge in [0.05, 0.1) is 10.3 Å². The molecule has 1 unspecified atom stereocenters. The van der Waals surface area contributed by atoms with Crippen LogP contribution in [0.5, 0.6) is 0 Å². The Balaban J connectivity index is 1.35. The number of amides is 1. The molecule has 0 aliphatic heterocycles. The molecule has 8 heteroatoms. The summed E-state index contributed by atoms with van der Waals surface area (Å²) in [6.07, 6.45) is 5.49. The van der Waals surface area contributed by atoms with Crippen LogP contribution in [0.25, 0.3) is 0 Å². The van der Waals surface area contributed by atoms with Gasteiger partial charge in [-0.25, -0.2) is 13.1 Å². The van der Waals surface area contributed by atoms with Gasteiger partial charge in [0.1, 0.15) is 0 Å². The van der Waals surface area contributed by atoms with E-state index in [1.807, 2.05) is 0 Å². The lowest BCUT2D eigenvalue weighted by Crippen LogP contribution is -2.51. The maximum Gasteiger partial charge on any atom is 0.312 e. The molecule has 1 atom stereocenters. The molecule has 4 fully saturated rings. The van der Waals surface area contributed by atoms with E-state index in [9.17, 15) is 18.0 Å². The van der Waals surface area contributed by atoms with Crippen molar-refractivity contribution in [3.05, 3.63) is 24.3 Å². The molecule has 2 N–H and O–H groups in total. The quantitative estimate of drug-likeness (QED) is 0.622. The van der Waals surface area contributed by atoms with Crippen LogP contribution in [0.15, 0.2) is 29.2 Å². The van der Waals surface area contributed by atoms with Gasteiger partial charge in [-0.15, -0.1) is 0 Å². The molecule has 5 rings (SSSR count). The summed E-state index contributed by atoms with van der Waals surface area (Å²) in [5.74, 6) is 1.23. The Morgan fingerprint density at radius 3 is 1.97 bits per heavy atom. The van der Waals surface area contributed by atoms with Gasteiger partial charge < -0.3 is 10.1 Å². The Morgan fingerprint density at radius 2 is 1.48 bits per heavy atom. The first-order valence-corrected chi connectivity index (χ1v) is 12.7. The molecule has 170 valence electrons. The Bertz CT molecular complexity index is 919. The van der Waals surface area contributed by atoms with E-state index in [2.05, 4.69) is 10.0 Å². The van der Waals surface area contributed by atoms with E-state index >= 15 is 0 Å². The molecule has 4 bridgehead atoms. The summed E-state index contributed by atoms with van der Waals surface area (Å²) in [6.45, 7) is 5.08. The van der Waals surface area contributed by atoms with Gasteiger partial charge in [-0.3, -0.25) is 9.59 Å². The van der Waals surface area contributed by atoms with Gasteiger partial charge in [0.15, 0.2) is 6.10 Å². The molecule has 31 heavy (non-hydrogen) atoms. The van der Waals surface area contributed by atoms with Crippen molar-refractivity contribution in [3.63, 3.8) is 0 Å². The Hall–Kier alpha value is -1.93. The van der Waals surface area contributed by atoms with Gasteiger partial charge in [-0.05, 0) is 101 Å². The normalized spacial score (nSPS) is 30.3. The molecule has 1 aromatic rings. The lowest BCUT2D eigenvalue weighted by Gasteiger charge is -2.55. The summed E-state index contributed by atoms with van der Waals surface area (Å²) < 4.78 is 32.6. The van der Waals surface area contributed by atoms with Crippen LogP contribution in [0.4, 0.5) is 5.69 Å². The molecule has 1 amide bonds. The molecule has 1 aromatic carbocycles. The summed E-state index contributed by atoms with van der Waals surface area (Å²) in [6, 6.07) is 5.72. The minimum atomic E-state index is -3.59. The largest absolute Gasteiger partial charge is 0.452 e. The highest BCUT2D eigenvalue weighted by Gasteiger charge is 2.55. The van der Waals surface area contributed by atoms with Crippen LogP contribution in [0, 0.1) is 23.2 Å². The zero-order valence-electron chi connectivity index (χ0n) is 18.4. The van der Waals surface area contributed by atoms with E-state index in [1.54, 1.807) is 20.8 Å². The second kappa shape index (κ2) is 8.20. The van der Waals surface area contributed by atoms with Crippen molar-refractivity contribution in [2.75, 3.05) is 5.32 Å². The highest BCUT2D eigenvalue weighted by atomic mass is 32.2. The minimum absolute atomic E-state index is 0.125. The average molecular weight is 449 g/mol. The highest BCUT2D eigenvalue weighted by molar-refractivity contribution is 7.89. The Labute approximate surface area is 184 Å². The van der Waals surface area contributed by atoms with Crippen molar-refractivity contribution in [1.29, 1.82) is 0 Å². The Morgan fingerprint density at radius 1 is 0.968 bits per heavy atom. The third-order valence-electron chi connectivity index (χ3n) is 6.95. The number of ether oxygens (including phenoxy) is 1. The summed E-state index contributed by atoms with van der Waals surface area (Å²) >= 11 is 0. The predicted octanol–water partition coefficient (Wildman–Crippen LogP) is 3.46. The average Bonchev–Trinajstić information content (AvgIpc) is 2.66. The fourth-order valence-corrected chi connectivity index (χ4v) is 7.29. The smallest absolute Gasteiger partial charge is 0.312 e. The van der Waals surface area contributed by atoms with Crippen LogP contribution < -0.4 is 10.0 Å². The predicted molar refractivity (Wildman–Crippen MR) is 117 cm³/mol.